The van der Waals surface area contributed by atoms with E-state index in [0.29, 0.717) is 17.1 Å². The van der Waals surface area contributed by atoms with E-state index in [1.165, 1.54) is 0 Å². The standard InChI is InChI=1S/C19H20BrN3O3/c1-3-23(4-2)15-7-5-13(6-8-15)19(24)22-21-11-14-9-17-18(10-16(14)20)26-12-25-17/h5-11H,3-4,12H2,1-2H3,(H,22,24)/b21-11-. The Kier molecular flexibility index (Phi) is 5.78. The molecule has 1 aliphatic heterocycles. The number of ether oxygens (including phenoxy) is 2. The maximum Gasteiger partial charge on any atom is 0.271 e. The highest BCUT2D eigenvalue weighted by atomic mass is 79.9. The SMILES string of the molecule is CCN(CC)c1ccc(C(=O)N/N=C\c2cc3c(cc2Br)OCO3)cc1. The van der Waals surface area contributed by atoms with Gasteiger partial charge in [-0.1, -0.05) is 0 Å². The largest absolute Gasteiger partial charge is 0.454 e. The summed E-state index contributed by atoms with van der Waals surface area (Å²) in [6, 6.07) is 11.1. The van der Waals surface area contributed by atoms with Crippen molar-refractivity contribution >= 4 is 33.7 Å². The summed E-state index contributed by atoms with van der Waals surface area (Å²) in [7, 11) is 0. The normalized spacial score (nSPS) is 12.4. The molecule has 1 heterocycles. The third-order valence-corrected chi connectivity index (χ3v) is 4.81. The summed E-state index contributed by atoms with van der Waals surface area (Å²) in [5.41, 5.74) is 4.98. The lowest BCUT2D eigenvalue weighted by Crippen LogP contribution is -2.22. The fourth-order valence-electron chi connectivity index (χ4n) is 2.67. The molecule has 0 saturated heterocycles. The van der Waals surface area contributed by atoms with Gasteiger partial charge < -0.3 is 14.4 Å². The molecule has 26 heavy (non-hydrogen) atoms. The molecule has 0 aromatic heterocycles. The van der Waals surface area contributed by atoms with E-state index in [4.69, 9.17) is 9.47 Å². The first-order chi connectivity index (χ1) is 12.6. The number of carbonyl (C=O) groups is 1. The van der Waals surface area contributed by atoms with Crippen molar-refractivity contribution in [2.24, 2.45) is 5.10 Å². The van der Waals surface area contributed by atoms with E-state index in [1.807, 2.05) is 18.2 Å². The predicted molar refractivity (Wildman–Crippen MR) is 105 cm³/mol. The molecule has 0 spiro atoms. The summed E-state index contributed by atoms with van der Waals surface area (Å²) in [5.74, 6) is 1.09. The van der Waals surface area contributed by atoms with Crippen LogP contribution in [0.25, 0.3) is 0 Å². The van der Waals surface area contributed by atoms with Crippen molar-refractivity contribution in [2.45, 2.75) is 13.8 Å². The first-order valence-corrected chi connectivity index (χ1v) is 9.19. The van der Waals surface area contributed by atoms with Crippen LogP contribution in [0.1, 0.15) is 29.8 Å². The van der Waals surface area contributed by atoms with Crippen LogP contribution in [-0.4, -0.2) is 32.0 Å². The Morgan fingerprint density at radius 1 is 1.19 bits per heavy atom. The predicted octanol–water partition coefficient (Wildman–Crippen LogP) is 3.79. The van der Waals surface area contributed by atoms with Crippen LogP contribution in [0.3, 0.4) is 0 Å². The zero-order valence-corrected chi connectivity index (χ0v) is 16.2. The van der Waals surface area contributed by atoms with Crippen molar-refractivity contribution < 1.29 is 14.3 Å². The molecule has 0 unspecified atom stereocenters. The highest BCUT2D eigenvalue weighted by Crippen LogP contribution is 2.36. The number of hydrazone groups is 1. The van der Waals surface area contributed by atoms with Gasteiger partial charge in [0.15, 0.2) is 11.5 Å². The molecule has 2 aromatic carbocycles. The number of halogens is 1. The molecular weight excluding hydrogens is 398 g/mol. The van der Waals surface area contributed by atoms with Crippen molar-refractivity contribution in [2.75, 3.05) is 24.8 Å². The Labute approximate surface area is 160 Å². The van der Waals surface area contributed by atoms with E-state index in [0.717, 1.165) is 28.8 Å². The average Bonchev–Trinajstić information content (AvgIpc) is 3.10. The van der Waals surface area contributed by atoms with Gasteiger partial charge in [0.1, 0.15) is 0 Å². The molecule has 0 bridgehead atoms. The van der Waals surface area contributed by atoms with Crippen LogP contribution < -0.4 is 19.8 Å². The van der Waals surface area contributed by atoms with Crippen molar-refractivity contribution in [1.82, 2.24) is 5.43 Å². The van der Waals surface area contributed by atoms with Gasteiger partial charge in [-0.3, -0.25) is 4.79 Å². The quantitative estimate of drug-likeness (QED) is 0.573. The van der Waals surface area contributed by atoms with Crippen LogP contribution in [0, 0.1) is 0 Å². The minimum absolute atomic E-state index is 0.211. The number of anilines is 1. The molecule has 0 saturated carbocycles. The third kappa shape index (κ3) is 3.99. The van der Waals surface area contributed by atoms with Gasteiger partial charge in [0.25, 0.3) is 5.91 Å². The van der Waals surface area contributed by atoms with Crippen LogP contribution in [-0.2, 0) is 0 Å². The fraction of sp³-hybridized carbons (Fsp3) is 0.263. The Morgan fingerprint density at radius 3 is 2.50 bits per heavy atom. The van der Waals surface area contributed by atoms with E-state index in [-0.39, 0.29) is 12.7 Å². The first-order valence-electron chi connectivity index (χ1n) is 8.40. The molecule has 0 radical (unpaired) electrons. The van der Waals surface area contributed by atoms with Crippen LogP contribution in [0.4, 0.5) is 5.69 Å². The number of fused-ring (bicyclic) bond motifs is 1. The number of hydrogen-bond acceptors (Lipinski definition) is 5. The summed E-state index contributed by atoms with van der Waals surface area (Å²) in [4.78, 5) is 14.5. The zero-order chi connectivity index (χ0) is 18.5. The molecule has 1 amide bonds. The average molecular weight is 418 g/mol. The van der Waals surface area contributed by atoms with E-state index >= 15 is 0 Å². The van der Waals surface area contributed by atoms with Gasteiger partial charge in [-0.15, -0.1) is 0 Å². The Morgan fingerprint density at radius 2 is 1.85 bits per heavy atom. The molecule has 0 fully saturated rings. The van der Waals surface area contributed by atoms with Gasteiger partial charge in [-0.05, 0) is 66.2 Å². The van der Waals surface area contributed by atoms with E-state index in [2.05, 4.69) is 45.2 Å². The van der Waals surface area contributed by atoms with Crippen molar-refractivity contribution in [3.05, 3.63) is 52.0 Å². The van der Waals surface area contributed by atoms with Crippen molar-refractivity contribution in [3.63, 3.8) is 0 Å². The molecular formula is C19H20BrN3O3. The van der Waals surface area contributed by atoms with Gasteiger partial charge in [0, 0.05) is 34.4 Å². The highest BCUT2D eigenvalue weighted by Gasteiger charge is 2.15. The number of rotatable bonds is 6. The van der Waals surface area contributed by atoms with E-state index < -0.39 is 0 Å². The molecule has 3 rings (SSSR count). The monoisotopic (exact) mass is 417 g/mol. The number of nitrogens with zero attached hydrogens (tertiary/aromatic N) is 2. The van der Waals surface area contributed by atoms with Crippen LogP contribution in [0.15, 0.2) is 46.0 Å². The number of nitrogens with one attached hydrogen (secondary N) is 1. The molecule has 6 nitrogen and oxygen atoms in total. The van der Waals surface area contributed by atoms with Crippen LogP contribution in [0.2, 0.25) is 0 Å². The lowest BCUT2D eigenvalue weighted by molar-refractivity contribution is 0.0955. The Bertz CT molecular complexity index is 818. The number of carbonyl (C=O) groups excluding carboxylic acids is 1. The van der Waals surface area contributed by atoms with Gasteiger partial charge in [0.2, 0.25) is 6.79 Å². The molecule has 136 valence electrons. The lowest BCUT2D eigenvalue weighted by atomic mass is 10.2. The summed E-state index contributed by atoms with van der Waals surface area (Å²) in [5, 5.41) is 4.03. The first kappa shape index (κ1) is 18.3. The summed E-state index contributed by atoms with van der Waals surface area (Å²) >= 11 is 3.45. The maximum absolute atomic E-state index is 12.2. The fourth-order valence-corrected chi connectivity index (χ4v) is 3.09. The summed E-state index contributed by atoms with van der Waals surface area (Å²) in [6.07, 6.45) is 1.56. The third-order valence-electron chi connectivity index (χ3n) is 4.12. The number of hydrogen-bond donors (Lipinski definition) is 1. The van der Waals surface area contributed by atoms with Gasteiger partial charge in [-0.25, -0.2) is 5.43 Å². The Balaban J connectivity index is 1.64. The molecule has 7 heteroatoms. The molecule has 2 aromatic rings. The van der Waals surface area contributed by atoms with Crippen LogP contribution in [0.5, 0.6) is 11.5 Å². The molecule has 0 atom stereocenters. The summed E-state index contributed by atoms with van der Waals surface area (Å²) in [6.45, 7) is 6.27. The highest BCUT2D eigenvalue weighted by molar-refractivity contribution is 9.10. The van der Waals surface area contributed by atoms with E-state index in [9.17, 15) is 4.79 Å². The minimum atomic E-state index is -0.260. The van der Waals surface area contributed by atoms with Gasteiger partial charge in [-0.2, -0.15) is 5.10 Å². The van der Waals surface area contributed by atoms with Crippen molar-refractivity contribution in [1.29, 1.82) is 0 Å². The second kappa shape index (κ2) is 8.23. The smallest absolute Gasteiger partial charge is 0.271 e. The van der Waals surface area contributed by atoms with Gasteiger partial charge >= 0.3 is 0 Å². The Hall–Kier alpha value is -2.54. The summed E-state index contributed by atoms with van der Waals surface area (Å²) < 4.78 is 11.5. The second-order valence-electron chi connectivity index (χ2n) is 5.65. The molecule has 1 N–H and O–H groups in total. The van der Waals surface area contributed by atoms with E-state index in [1.54, 1.807) is 24.4 Å². The zero-order valence-electron chi connectivity index (χ0n) is 14.7. The lowest BCUT2D eigenvalue weighted by Gasteiger charge is -2.20. The maximum atomic E-state index is 12.2. The van der Waals surface area contributed by atoms with Crippen LogP contribution >= 0.6 is 15.9 Å². The topological polar surface area (TPSA) is 63.2 Å². The number of amides is 1. The minimum Gasteiger partial charge on any atom is -0.454 e. The van der Waals surface area contributed by atoms with Gasteiger partial charge in [0.05, 0.1) is 6.21 Å². The molecule has 1 aliphatic rings. The molecule has 0 aliphatic carbocycles. The van der Waals surface area contributed by atoms with Crippen molar-refractivity contribution in [3.8, 4) is 11.5 Å². The number of benzene rings is 2. The second-order valence-corrected chi connectivity index (χ2v) is 6.50.